The fourth-order valence-electron chi connectivity index (χ4n) is 1.69. The van der Waals surface area contributed by atoms with E-state index in [2.05, 4.69) is 10.4 Å². The van der Waals surface area contributed by atoms with Gasteiger partial charge in [0.15, 0.2) is 0 Å². The van der Waals surface area contributed by atoms with Crippen molar-refractivity contribution in [3.05, 3.63) is 46.2 Å². The maximum atomic E-state index is 12.2. The summed E-state index contributed by atoms with van der Waals surface area (Å²) in [5.74, 6) is -1.61. The van der Waals surface area contributed by atoms with Crippen molar-refractivity contribution in [3.63, 3.8) is 0 Å². The van der Waals surface area contributed by atoms with Crippen LogP contribution in [0.3, 0.4) is 0 Å². The van der Waals surface area contributed by atoms with Crippen LogP contribution in [0.2, 0.25) is 10.0 Å². The second kappa shape index (κ2) is 6.15. The highest BCUT2D eigenvalue weighted by Crippen LogP contribution is 2.29. The van der Waals surface area contributed by atoms with Gasteiger partial charge in [0, 0.05) is 6.20 Å². The quantitative estimate of drug-likeness (QED) is 0.903. The van der Waals surface area contributed by atoms with E-state index in [1.165, 1.54) is 19.2 Å². The van der Waals surface area contributed by atoms with E-state index in [1.807, 2.05) is 0 Å². The summed E-state index contributed by atoms with van der Waals surface area (Å²) in [6.07, 6.45) is 1.36. The van der Waals surface area contributed by atoms with Crippen LogP contribution in [0.4, 0.5) is 5.69 Å². The molecule has 8 heteroatoms. The van der Waals surface area contributed by atoms with E-state index in [9.17, 15) is 9.59 Å². The number of carboxylic acid groups (broad SMARTS) is 1. The first-order valence-corrected chi connectivity index (χ1v) is 6.69. The highest BCUT2D eigenvalue weighted by atomic mass is 35.5. The van der Waals surface area contributed by atoms with Gasteiger partial charge in [0.25, 0.3) is 5.91 Å². The van der Waals surface area contributed by atoms with Crippen molar-refractivity contribution in [1.82, 2.24) is 9.78 Å². The minimum absolute atomic E-state index is 0.112. The summed E-state index contributed by atoms with van der Waals surface area (Å²) in [6, 6.07) is 5.29. The normalized spacial score (nSPS) is 12.0. The molecule has 0 radical (unpaired) electrons. The lowest BCUT2D eigenvalue weighted by Gasteiger charge is -2.12. The Morgan fingerprint density at radius 1 is 1.33 bits per heavy atom. The number of carbonyl (C=O) groups excluding carboxylic acids is 1. The van der Waals surface area contributed by atoms with Gasteiger partial charge in [-0.05, 0) is 25.1 Å². The maximum absolute atomic E-state index is 12.2. The second-order valence-corrected chi connectivity index (χ2v) is 5.02. The van der Waals surface area contributed by atoms with Gasteiger partial charge in [0.1, 0.15) is 11.7 Å². The monoisotopic (exact) mass is 327 g/mol. The third-order valence-electron chi connectivity index (χ3n) is 2.83. The molecule has 21 heavy (non-hydrogen) atoms. The minimum atomic E-state index is -1.09. The van der Waals surface area contributed by atoms with Gasteiger partial charge in [0.05, 0.1) is 15.7 Å². The lowest BCUT2D eigenvalue weighted by molar-refractivity contribution is -0.140. The number of halogens is 2. The summed E-state index contributed by atoms with van der Waals surface area (Å²) in [4.78, 5) is 23.2. The molecule has 2 rings (SSSR count). The zero-order chi connectivity index (χ0) is 15.6. The fraction of sp³-hybridized carbons (Fsp3) is 0.154. The molecular formula is C13H11Cl2N3O3. The van der Waals surface area contributed by atoms with Crippen molar-refractivity contribution in [3.8, 4) is 0 Å². The van der Waals surface area contributed by atoms with Crippen LogP contribution in [0.15, 0.2) is 30.5 Å². The van der Waals surface area contributed by atoms with E-state index < -0.39 is 17.9 Å². The minimum Gasteiger partial charge on any atom is -0.480 e. The average Bonchev–Trinajstić information content (AvgIpc) is 2.92. The van der Waals surface area contributed by atoms with Gasteiger partial charge < -0.3 is 10.4 Å². The van der Waals surface area contributed by atoms with Gasteiger partial charge in [-0.2, -0.15) is 5.10 Å². The highest BCUT2D eigenvalue weighted by Gasteiger charge is 2.21. The molecule has 1 aromatic heterocycles. The molecule has 0 saturated heterocycles. The zero-order valence-electron chi connectivity index (χ0n) is 10.9. The standard InChI is InChI=1S/C13H11Cl2N3O3/c1-7(13(20)21)18-10(5-6-16-18)12(19)17-9-4-2-3-8(14)11(9)15/h2-7H,1H3,(H,17,19)(H,20,21). The van der Waals surface area contributed by atoms with Crippen molar-refractivity contribution >= 4 is 40.8 Å². The number of carbonyl (C=O) groups is 2. The number of carboxylic acids is 1. The summed E-state index contributed by atoms with van der Waals surface area (Å²) in [5.41, 5.74) is 0.450. The number of hydrogen-bond donors (Lipinski definition) is 2. The highest BCUT2D eigenvalue weighted by molar-refractivity contribution is 6.44. The molecule has 6 nitrogen and oxygen atoms in total. The Morgan fingerprint density at radius 3 is 2.71 bits per heavy atom. The number of benzene rings is 1. The van der Waals surface area contributed by atoms with Crippen LogP contribution >= 0.6 is 23.2 Å². The molecule has 0 saturated carbocycles. The van der Waals surface area contributed by atoms with Crippen LogP contribution in [0.25, 0.3) is 0 Å². The molecule has 1 aromatic carbocycles. The topological polar surface area (TPSA) is 84.2 Å². The summed E-state index contributed by atoms with van der Waals surface area (Å²) < 4.78 is 1.12. The van der Waals surface area contributed by atoms with Gasteiger partial charge in [-0.1, -0.05) is 29.3 Å². The molecule has 0 spiro atoms. The van der Waals surface area contributed by atoms with Gasteiger partial charge >= 0.3 is 5.97 Å². The van der Waals surface area contributed by atoms with E-state index in [0.29, 0.717) is 10.7 Å². The summed E-state index contributed by atoms with van der Waals surface area (Å²) >= 11 is 11.9. The van der Waals surface area contributed by atoms with E-state index >= 15 is 0 Å². The molecule has 110 valence electrons. The number of hydrogen-bond acceptors (Lipinski definition) is 3. The molecule has 1 heterocycles. The predicted molar refractivity (Wildman–Crippen MR) is 79.0 cm³/mol. The van der Waals surface area contributed by atoms with Crippen molar-refractivity contribution in [2.24, 2.45) is 0 Å². The first-order valence-electron chi connectivity index (χ1n) is 5.93. The number of aliphatic carboxylic acids is 1. The molecule has 0 aliphatic heterocycles. The molecule has 1 unspecified atom stereocenters. The predicted octanol–water partition coefficient (Wildman–Crippen LogP) is 3.09. The van der Waals surface area contributed by atoms with Crippen LogP contribution < -0.4 is 5.32 Å². The van der Waals surface area contributed by atoms with E-state index in [1.54, 1.807) is 18.2 Å². The third kappa shape index (κ3) is 3.17. The molecule has 2 aromatic rings. The van der Waals surface area contributed by atoms with Crippen molar-refractivity contribution in [1.29, 1.82) is 0 Å². The van der Waals surface area contributed by atoms with Gasteiger partial charge in [-0.15, -0.1) is 0 Å². The molecule has 0 aliphatic carbocycles. The molecule has 1 atom stereocenters. The van der Waals surface area contributed by atoms with Crippen LogP contribution in [-0.2, 0) is 4.79 Å². The fourth-order valence-corrected chi connectivity index (χ4v) is 2.04. The SMILES string of the molecule is CC(C(=O)O)n1nccc1C(=O)Nc1cccc(Cl)c1Cl. The van der Waals surface area contributed by atoms with Crippen molar-refractivity contribution in [2.45, 2.75) is 13.0 Å². The Bertz CT molecular complexity index is 700. The molecule has 0 aliphatic rings. The van der Waals surface area contributed by atoms with Crippen LogP contribution in [0.5, 0.6) is 0 Å². The van der Waals surface area contributed by atoms with Crippen LogP contribution in [0, 0.1) is 0 Å². The van der Waals surface area contributed by atoms with Crippen molar-refractivity contribution < 1.29 is 14.7 Å². The molecule has 0 fully saturated rings. The second-order valence-electron chi connectivity index (χ2n) is 4.23. The number of nitrogens with zero attached hydrogens (tertiary/aromatic N) is 2. The lowest BCUT2D eigenvalue weighted by atomic mass is 10.3. The number of aromatic nitrogens is 2. The largest absolute Gasteiger partial charge is 0.480 e. The molecule has 2 N–H and O–H groups in total. The van der Waals surface area contributed by atoms with Gasteiger partial charge in [0.2, 0.25) is 0 Å². The Hall–Kier alpha value is -2.05. The number of amides is 1. The van der Waals surface area contributed by atoms with Crippen LogP contribution in [0.1, 0.15) is 23.5 Å². The summed E-state index contributed by atoms with van der Waals surface area (Å²) in [5, 5.41) is 16.0. The van der Waals surface area contributed by atoms with E-state index in [-0.39, 0.29) is 10.7 Å². The first-order chi connectivity index (χ1) is 9.91. The Morgan fingerprint density at radius 2 is 2.05 bits per heavy atom. The smallest absolute Gasteiger partial charge is 0.328 e. The number of anilines is 1. The molecular weight excluding hydrogens is 317 g/mol. The van der Waals surface area contributed by atoms with Gasteiger partial charge in [-0.25, -0.2) is 9.48 Å². The number of nitrogens with one attached hydrogen (secondary N) is 1. The van der Waals surface area contributed by atoms with E-state index in [4.69, 9.17) is 28.3 Å². The number of rotatable bonds is 4. The molecule has 1 amide bonds. The maximum Gasteiger partial charge on any atom is 0.328 e. The summed E-state index contributed by atoms with van der Waals surface area (Å²) in [7, 11) is 0. The molecule has 0 bridgehead atoms. The first kappa shape index (κ1) is 15.3. The average molecular weight is 328 g/mol. The van der Waals surface area contributed by atoms with E-state index in [0.717, 1.165) is 4.68 Å². The lowest BCUT2D eigenvalue weighted by Crippen LogP contribution is -2.24. The Balaban J connectivity index is 2.28. The zero-order valence-corrected chi connectivity index (χ0v) is 12.4. The Kier molecular flexibility index (Phi) is 4.50. The third-order valence-corrected chi connectivity index (χ3v) is 3.65. The summed E-state index contributed by atoms with van der Waals surface area (Å²) in [6.45, 7) is 1.43. The van der Waals surface area contributed by atoms with Gasteiger partial charge in [-0.3, -0.25) is 4.79 Å². The van der Waals surface area contributed by atoms with Crippen molar-refractivity contribution in [2.75, 3.05) is 5.32 Å². The van der Waals surface area contributed by atoms with Crippen LogP contribution in [-0.4, -0.2) is 26.8 Å². The Labute approximate surface area is 130 Å².